The molecule has 5 aromatic rings. The second-order valence-electron chi connectivity index (χ2n) is 15.3. The topological polar surface area (TPSA) is 46.6 Å². The van der Waals surface area contributed by atoms with Crippen LogP contribution in [0.4, 0.5) is 0 Å². The van der Waals surface area contributed by atoms with Crippen molar-refractivity contribution < 1.29 is 14.3 Å². The van der Waals surface area contributed by atoms with Gasteiger partial charge in [-0.15, -0.1) is 45.3 Å². The highest BCUT2D eigenvalue weighted by molar-refractivity contribution is 7.33. The predicted octanol–water partition coefficient (Wildman–Crippen LogP) is 14.8. The summed E-state index contributed by atoms with van der Waals surface area (Å²) in [5.74, 6) is -0.285. The number of benzene rings is 1. The first kappa shape index (κ1) is 40.1. The molecule has 8 heteroatoms. The molecule has 0 spiro atoms. The predicted molar refractivity (Wildman–Crippen MR) is 232 cm³/mol. The third kappa shape index (κ3) is 9.61. The molecule has 1 aromatic carbocycles. The van der Waals surface area contributed by atoms with Crippen molar-refractivity contribution in [1.29, 1.82) is 0 Å². The highest BCUT2D eigenvalue weighted by atomic mass is 32.1. The number of rotatable bonds is 22. The summed E-state index contributed by atoms with van der Waals surface area (Å²) in [6.45, 7) is 12.9. The Balaban J connectivity index is 1.08. The van der Waals surface area contributed by atoms with E-state index in [1.807, 2.05) is 34.0 Å². The van der Waals surface area contributed by atoms with Crippen molar-refractivity contribution in [2.45, 2.75) is 130 Å². The number of thiophene rings is 4. The quantitative estimate of drug-likeness (QED) is 0.0518. The van der Waals surface area contributed by atoms with Gasteiger partial charge in [-0.05, 0) is 80.0 Å². The SMILES string of the molecule is CCCCCCCCCCCCOCCCCN1C(=O)c2c(-c3ccc(-c4cc5sc(-c6ccc(C)s6)cc5s4)s3)ccc(C(C)(C)CCC)c2C1=O. The molecule has 5 heterocycles. The van der Waals surface area contributed by atoms with Gasteiger partial charge in [0.25, 0.3) is 11.8 Å². The van der Waals surface area contributed by atoms with E-state index in [-0.39, 0.29) is 17.2 Å². The van der Waals surface area contributed by atoms with Crippen molar-refractivity contribution >= 4 is 66.6 Å². The van der Waals surface area contributed by atoms with Crippen LogP contribution in [-0.2, 0) is 10.2 Å². The first-order valence-electron chi connectivity index (χ1n) is 20.0. The van der Waals surface area contributed by atoms with Gasteiger partial charge in [-0.2, -0.15) is 0 Å². The minimum Gasteiger partial charge on any atom is -0.381 e. The number of hydrogen-bond donors (Lipinski definition) is 0. The Hall–Kier alpha value is -2.62. The smallest absolute Gasteiger partial charge is 0.262 e. The van der Waals surface area contributed by atoms with Crippen LogP contribution in [0.1, 0.15) is 149 Å². The number of fused-ring (bicyclic) bond motifs is 2. The monoisotopic (exact) mass is 787 g/mol. The van der Waals surface area contributed by atoms with E-state index in [0.717, 1.165) is 54.7 Å². The lowest BCUT2D eigenvalue weighted by Crippen LogP contribution is -2.31. The molecule has 6 rings (SSSR count). The van der Waals surface area contributed by atoms with Gasteiger partial charge < -0.3 is 4.74 Å². The third-order valence-electron chi connectivity index (χ3n) is 10.6. The van der Waals surface area contributed by atoms with Gasteiger partial charge in [0.2, 0.25) is 0 Å². The van der Waals surface area contributed by atoms with E-state index in [9.17, 15) is 9.59 Å². The number of carbonyl (C=O) groups excluding carboxylic acids is 2. The molecule has 0 unspecified atom stereocenters. The van der Waals surface area contributed by atoms with E-state index in [4.69, 9.17) is 4.74 Å². The third-order valence-corrected chi connectivity index (χ3v) is 15.4. The summed E-state index contributed by atoms with van der Waals surface area (Å²) in [7, 11) is 0. The molecular formula is C45H57NO3S4. The zero-order valence-electron chi connectivity index (χ0n) is 32.4. The largest absolute Gasteiger partial charge is 0.381 e. The number of amides is 2. The number of ether oxygens (including phenoxy) is 1. The molecule has 0 atom stereocenters. The molecule has 0 radical (unpaired) electrons. The lowest BCUT2D eigenvalue weighted by Gasteiger charge is -2.27. The maximum absolute atomic E-state index is 14.2. The molecule has 0 N–H and O–H groups in total. The lowest BCUT2D eigenvalue weighted by molar-refractivity contribution is 0.0642. The van der Waals surface area contributed by atoms with Crippen LogP contribution >= 0.6 is 45.3 Å². The van der Waals surface area contributed by atoms with E-state index >= 15 is 0 Å². The average Bonchev–Trinajstić information content (AvgIpc) is 3.97. The van der Waals surface area contributed by atoms with Crippen LogP contribution in [0.15, 0.2) is 48.5 Å². The van der Waals surface area contributed by atoms with Gasteiger partial charge in [-0.1, -0.05) is 104 Å². The van der Waals surface area contributed by atoms with Gasteiger partial charge in [-0.3, -0.25) is 14.5 Å². The Morgan fingerprint density at radius 3 is 1.77 bits per heavy atom. The van der Waals surface area contributed by atoms with Gasteiger partial charge in [0.1, 0.15) is 0 Å². The van der Waals surface area contributed by atoms with E-state index in [2.05, 4.69) is 83.1 Å². The van der Waals surface area contributed by atoms with Gasteiger partial charge in [-0.25, -0.2) is 0 Å². The second kappa shape index (κ2) is 18.8. The molecule has 53 heavy (non-hydrogen) atoms. The number of unbranched alkanes of at least 4 members (excludes halogenated alkanes) is 10. The first-order chi connectivity index (χ1) is 25.7. The standard InChI is InChI=1S/C45H57NO3S4/c1-6-8-9-10-11-12-13-14-15-17-27-49-28-18-16-26-46-43(47)41-32(20-21-33(42(41)44(46)48)45(4,5)25-7-2)34-23-24-36(51-34)38-30-40-39(53-38)29-37(52-40)35-22-19-31(3)50-35/h19-24,29-30H,6-18,25-28H2,1-5H3. The minimum atomic E-state index is -0.213. The Bertz CT molecular complexity index is 1940. The van der Waals surface area contributed by atoms with Crippen molar-refractivity contribution in [3.05, 3.63) is 70.1 Å². The summed E-state index contributed by atoms with van der Waals surface area (Å²) < 4.78 is 8.57. The molecule has 0 saturated heterocycles. The highest BCUT2D eigenvalue weighted by Crippen LogP contribution is 2.47. The fourth-order valence-corrected chi connectivity index (χ4v) is 12.1. The molecule has 0 bridgehead atoms. The fourth-order valence-electron chi connectivity index (χ4n) is 7.67. The maximum Gasteiger partial charge on any atom is 0.262 e. The summed E-state index contributed by atoms with van der Waals surface area (Å²) in [6, 6.07) is 17.6. The van der Waals surface area contributed by atoms with Crippen molar-refractivity contribution in [1.82, 2.24) is 4.90 Å². The van der Waals surface area contributed by atoms with Crippen LogP contribution in [-0.4, -0.2) is 36.5 Å². The van der Waals surface area contributed by atoms with Crippen molar-refractivity contribution in [2.75, 3.05) is 19.8 Å². The molecule has 1 aliphatic heterocycles. The highest BCUT2D eigenvalue weighted by Gasteiger charge is 2.42. The fraction of sp³-hybridized carbons (Fsp3) is 0.511. The molecule has 4 aromatic heterocycles. The number of hydrogen-bond acceptors (Lipinski definition) is 7. The Morgan fingerprint density at radius 1 is 0.585 bits per heavy atom. The summed E-state index contributed by atoms with van der Waals surface area (Å²) in [5, 5.41) is 0. The van der Waals surface area contributed by atoms with Gasteiger partial charge in [0.05, 0.1) is 11.1 Å². The maximum atomic E-state index is 14.2. The van der Waals surface area contributed by atoms with E-state index in [1.54, 1.807) is 11.3 Å². The van der Waals surface area contributed by atoms with Crippen LogP contribution in [0.3, 0.4) is 0 Å². The number of aryl methyl sites for hydroxylation is 1. The van der Waals surface area contributed by atoms with Crippen LogP contribution in [0.25, 0.3) is 39.3 Å². The van der Waals surface area contributed by atoms with Crippen LogP contribution in [0.5, 0.6) is 0 Å². The van der Waals surface area contributed by atoms with E-state index < -0.39 is 0 Å². The van der Waals surface area contributed by atoms with Gasteiger partial charge in [0.15, 0.2) is 0 Å². The van der Waals surface area contributed by atoms with Gasteiger partial charge >= 0.3 is 0 Å². The number of nitrogens with zero attached hydrogens (tertiary/aromatic N) is 1. The Labute approximate surface area is 333 Å². The zero-order chi connectivity index (χ0) is 37.4. The molecule has 0 saturated carbocycles. The van der Waals surface area contributed by atoms with E-state index in [1.165, 1.54) is 96.5 Å². The van der Waals surface area contributed by atoms with Crippen molar-refractivity contribution in [2.24, 2.45) is 0 Å². The zero-order valence-corrected chi connectivity index (χ0v) is 35.7. The van der Waals surface area contributed by atoms with Crippen molar-refractivity contribution in [3.8, 4) is 29.9 Å². The first-order valence-corrected chi connectivity index (χ1v) is 23.3. The lowest BCUT2D eigenvalue weighted by atomic mass is 9.76. The van der Waals surface area contributed by atoms with E-state index in [0.29, 0.717) is 24.3 Å². The minimum absolute atomic E-state index is 0.135. The molecule has 0 aliphatic carbocycles. The van der Waals surface area contributed by atoms with Crippen LogP contribution in [0, 0.1) is 6.92 Å². The number of carbonyl (C=O) groups is 2. The molecule has 2 amide bonds. The number of imide groups is 1. The second-order valence-corrected chi connectivity index (χ2v) is 19.9. The normalized spacial score (nSPS) is 13.3. The summed E-state index contributed by atoms with van der Waals surface area (Å²) in [6.07, 6.45) is 16.7. The molecular weight excluding hydrogens is 731 g/mol. The Morgan fingerprint density at radius 2 is 1.15 bits per heavy atom. The summed E-state index contributed by atoms with van der Waals surface area (Å²) in [4.78, 5) is 37.3. The van der Waals surface area contributed by atoms with Crippen molar-refractivity contribution in [3.63, 3.8) is 0 Å². The molecule has 4 nitrogen and oxygen atoms in total. The molecule has 0 fully saturated rings. The Kier molecular flexibility index (Phi) is 14.2. The molecule has 1 aliphatic rings. The summed E-state index contributed by atoms with van der Waals surface area (Å²) >= 11 is 7.24. The average molecular weight is 788 g/mol. The van der Waals surface area contributed by atoms with Crippen LogP contribution in [0.2, 0.25) is 0 Å². The van der Waals surface area contributed by atoms with Crippen LogP contribution < -0.4 is 0 Å². The summed E-state index contributed by atoms with van der Waals surface area (Å²) in [5.41, 5.74) is 2.86. The molecule has 284 valence electrons. The van der Waals surface area contributed by atoms with Gasteiger partial charge in [0, 0.05) is 64.0 Å².